The van der Waals surface area contributed by atoms with Gasteiger partial charge in [-0.15, -0.1) is 0 Å². The van der Waals surface area contributed by atoms with Gasteiger partial charge < -0.3 is 19.7 Å². The summed E-state index contributed by atoms with van der Waals surface area (Å²) in [5.41, 5.74) is -0.342. The van der Waals surface area contributed by atoms with E-state index in [-0.39, 0.29) is 12.3 Å². The number of nitrogens with one attached hydrogen (secondary N) is 1. The van der Waals surface area contributed by atoms with Crippen molar-refractivity contribution in [2.24, 2.45) is 0 Å². The number of amides is 1. The lowest BCUT2D eigenvalue weighted by Crippen LogP contribution is -2.22. The molecule has 0 spiro atoms. The van der Waals surface area contributed by atoms with E-state index in [0.717, 1.165) is 12.1 Å². The van der Waals surface area contributed by atoms with Gasteiger partial charge in [0.25, 0.3) is 5.91 Å². The molecule has 140 valence electrons. The van der Waals surface area contributed by atoms with Crippen LogP contribution in [-0.2, 0) is 11.0 Å². The van der Waals surface area contributed by atoms with E-state index in [1.165, 1.54) is 13.2 Å². The molecule has 0 heterocycles. The van der Waals surface area contributed by atoms with Gasteiger partial charge in [-0.3, -0.25) is 4.79 Å². The number of para-hydroxylation sites is 2. The smallest absolute Gasteiger partial charge is 0.416 e. The van der Waals surface area contributed by atoms with Gasteiger partial charge in [0.1, 0.15) is 0 Å². The monoisotopic (exact) mass is 368 g/mol. The second-order valence-corrected chi connectivity index (χ2v) is 5.61. The van der Waals surface area contributed by atoms with E-state index in [4.69, 9.17) is 9.47 Å². The van der Waals surface area contributed by atoms with Crippen LogP contribution >= 0.6 is 0 Å². The Bertz CT molecular complexity index is 777. The molecular formula is C18H19F3N2O3. The molecule has 0 aliphatic carbocycles. The number of hydrogen-bond donors (Lipinski definition) is 1. The Morgan fingerprint density at radius 1 is 1.12 bits per heavy atom. The molecule has 0 saturated heterocycles. The van der Waals surface area contributed by atoms with Crippen molar-refractivity contribution in [3.05, 3.63) is 48.0 Å². The second kappa shape index (κ2) is 7.99. The molecule has 0 atom stereocenters. The molecule has 0 aliphatic rings. The standard InChI is InChI=1S/C18H19F3N2O3/c1-23(2)14-9-8-12(18(19,20)21)10-13(14)22-17(24)11-26-16-7-5-4-6-15(16)25-3/h4-10H,11H2,1-3H3,(H,22,24). The van der Waals surface area contributed by atoms with E-state index in [2.05, 4.69) is 5.32 Å². The van der Waals surface area contributed by atoms with Gasteiger partial charge in [0, 0.05) is 14.1 Å². The van der Waals surface area contributed by atoms with E-state index in [9.17, 15) is 18.0 Å². The number of anilines is 2. The zero-order valence-electron chi connectivity index (χ0n) is 14.6. The number of methoxy groups -OCH3 is 1. The van der Waals surface area contributed by atoms with Gasteiger partial charge in [0.05, 0.1) is 24.0 Å². The molecule has 0 aromatic heterocycles. The Kier molecular flexibility index (Phi) is 5.97. The molecule has 2 aromatic carbocycles. The summed E-state index contributed by atoms with van der Waals surface area (Å²) in [5, 5.41) is 2.47. The molecule has 0 unspecified atom stereocenters. The average Bonchev–Trinajstić information content (AvgIpc) is 2.59. The highest BCUT2D eigenvalue weighted by molar-refractivity contribution is 5.95. The lowest BCUT2D eigenvalue weighted by Gasteiger charge is -2.20. The predicted octanol–water partition coefficient (Wildman–Crippen LogP) is 3.80. The van der Waals surface area contributed by atoms with Crippen LogP contribution in [-0.4, -0.2) is 33.7 Å². The van der Waals surface area contributed by atoms with Crippen molar-refractivity contribution in [1.29, 1.82) is 0 Å². The van der Waals surface area contributed by atoms with Crippen LogP contribution in [0.15, 0.2) is 42.5 Å². The summed E-state index contributed by atoms with van der Waals surface area (Å²) in [4.78, 5) is 13.8. The van der Waals surface area contributed by atoms with E-state index in [1.54, 1.807) is 43.3 Å². The van der Waals surface area contributed by atoms with Crippen LogP contribution in [0.2, 0.25) is 0 Å². The molecule has 0 saturated carbocycles. The second-order valence-electron chi connectivity index (χ2n) is 5.61. The number of carbonyl (C=O) groups excluding carboxylic acids is 1. The van der Waals surface area contributed by atoms with Crippen LogP contribution in [0.4, 0.5) is 24.5 Å². The van der Waals surface area contributed by atoms with Crippen molar-refractivity contribution in [1.82, 2.24) is 0 Å². The summed E-state index contributed by atoms with van der Waals surface area (Å²) >= 11 is 0. The molecule has 0 aliphatic heterocycles. The number of rotatable bonds is 6. The molecule has 0 fully saturated rings. The Balaban J connectivity index is 2.14. The molecule has 1 amide bonds. The van der Waals surface area contributed by atoms with Crippen molar-refractivity contribution in [2.75, 3.05) is 38.0 Å². The van der Waals surface area contributed by atoms with E-state index in [1.807, 2.05) is 0 Å². The Morgan fingerprint density at radius 3 is 2.35 bits per heavy atom. The van der Waals surface area contributed by atoms with E-state index in [0.29, 0.717) is 17.2 Å². The molecule has 1 N–H and O–H groups in total. The molecule has 0 bridgehead atoms. The van der Waals surface area contributed by atoms with Crippen LogP contribution in [0.1, 0.15) is 5.56 Å². The Hall–Kier alpha value is -2.90. The van der Waals surface area contributed by atoms with Crippen molar-refractivity contribution >= 4 is 17.3 Å². The van der Waals surface area contributed by atoms with Crippen LogP contribution in [0, 0.1) is 0 Å². The molecule has 5 nitrogen and oxygen atoms in total. The Labute approximate surface area is 149 Å². The lowest BCUT2D eigenvalue weighted by molar-refractivity contribution is -0.137. The molecular weight excluding hydrogens is 349 g/mol. The predicted molar refractivity (Wildman–Crippen MR) is 92.9 cm³/mol. The van der Waals surface area contributed by atoms with E-state index >= 15 is 0 Å². The first-order valence-electron chi connectivity index (χ1n) is 7.66. The van der Waals surface area contributed by atoms with Crippen LogP contribution < -0.4 is 19.7 Å². The van der Waals surface area contributed by atoms with Gasteiger partial charge in [0.2, 0.25) is 0 Å². The first-order valence-corrected chi connectivity index (χ1v) is 7.66. The topological polar surface area (TPSA) is 50.8 Å². The van der Waals surface area contributed by atoms with Crippen molar-refractivity contribution in [2.45, 2.75) is 6.18 Å². The summed E-state index contributed by atoms with van der Waals surface area (Å²) in [6, 6.07) is 9.93. The summed E-state index contributed by atoms with van der Waals surface area (Å²) in [6.07, 6.45) is -4.50. The first-order chi connectivity index (χ1) is 12.2. The number of alkyl halides is 3. The first kappa shape index (κ1) is 19.4. The average molecular weight is 368 g/mol. The largest absolute Gasteiger partial charge is 0.493 e. The third kappa shape index (κ3) is 4.81. The summed E-state index contributed by atoms with van der Waals surface area (Å²) in [7, 11) is 4.81. The normalized spacial score (nSPS) is 11.0. The summed E-state index contributed by atoms with van der Waals surface area (Å²) in [6.45, 7) is -0.372. The van der Waals surface area contributed by atoms with Crippen molar-refractivity contribution in [3.8, 4) is 11.5 Å². The highest BCUT2D eigenvalue weighted by Crippen LogP contribution is 2.35. The molecule has 26 heavy (non-hydrogen) atoms. The number of hydrogen-bond acceptors (Lipinski definition) is 4. The maximum absolute atomic E-state index is 12.9. The van der Waals surface area contributed by atoms with Gasteiger partial charge in [0.15, 0.2) is 18.1 Å². The SMILES string of the molecule is COc1ccccc1OCC(=O)Nc1cc(C(F)(F)F)ccc1N(C)C. The van der Waals surface area contributed by atoms with Gasteiger partial charge in [-0.05, 0) is 30.3 Å². The fourth-order valence-corrected chi connectivity index (χ4v) is 2.27. The molecule has 2 aromatic rings. The number of halogens is 3. The number of carbonyl (C=O) groups is 1. The maximum Gasteiger partial charge on any atom is 0.416 e. The summed E-state index contributed by atoms with van der Waals surface area (Å²) in [5.74, 6) is 0.230. The summed E-state index contributed by atoms with van der Waals surface area (Å²) < 4.78 is 49.3. The quantitative estimate of drug-likeness (QED) is 0.843. The van der Waals surface area contributed by atoms with Crippen molar-refractivity contribution < 1.29 is 27.4 Å². The highest BCUT2D eigenvalue weighted by atomic mass is 19.4. The fourth-order valence-electron chi connectivity index (χ4n) is 2.27. The van der Waals surface area contributed by atoms with E-state index < -0.39 is 17.6 Å². The lowest BCUT2D eigenvalue weighted by atomic mass is 10.1. The van der Waals surface area contributed by atoms with Gasteiger partial charge in [-0.25, -0.2) is 0 Å². The van der Waals surface area contributed by atoms with Crippen molar-refractivity contribution in [3.63, 3.8) is 0 Å². The molecule has 2 rings (SSSR count). The fraction of sp³-hybridized carbons (Fsp3) is 0.278. The number of ether oxygens (including phenoxy) is 2. The highest BCUT2D eigenvalue weighted by Gasteiger charge is 2.31. The minimum absolute atomic E-state index is 0.0541. The van der Waals surface area contributed by atoms with Crippen LogP contribution in [0.5, 0.6) is 11.5 Å². The zero-order chi connectivity index (χ0) is 19.3. The van der Waals surface area contributed by atoms with Gasteiger partial charge >= 0.3 is 6.18 Å². The van der Waals surface area contributed by atoms with Crippen LogP contribution in [0.25, 0.3) is 0 Å². The minimum atomic E-state index is -4.50. The molecule has 8 heteroatoms. The maximum atomic E-state index is 12.9. The number of benzene rings is 2. The van der Waals surface area contributed by atoms with Gasteiger partial charge in [-0.2, -0.15) is 13.2 Å². The zero-order valence-corrected chi connectivity index (χ0v) is 14.6. The number of nitrogens with zero attached hydrogens (tertiary/aromatic N) is 1. The van der Waals surface area contributed by atoms with Gasteiger partial charge in [-0.1, -0.05) is 12.1 Å². The Morgan fingerprint density at radius 2 is 1.77 bits per heavy atom. The third-order valence-corrected chi connectivity index (χ3v) is 3.51. The third-order valence-electron chi connectivity index (χ3n) is 3.51. The minimum Gasteiger partial charge on any atom is -0.493 e. The molecule has 0 radical (unpaired) electrons. The van der Waals surface area contributed by atoms with Crippen LogP contribution in [0.3, 0.4) is 0 Å².